The molecular weight excluding hydrogens is 232 g/mol. The maximum Gasteiger partial charge on any atom is 0.315 e. The first-order valence-electron chi connectivity index (χ1n) is 6.57. The zero-order valence-electron chi connectivity index (χ0n) is 11.5. The van der Waals surface area contributed by atoms with Gasteiger partial charge in [0, 0.05) is 20.3 Å². The number of nitrogens with zero attached hydrogens (tertiary/aromatic N) is 2. The number of hydrogen-bond donors (Lipinski definition) is 2. The van der Waals surface area contributed by atoms with Crippen LogP contribution in [0.25, 0.3) is 0 Å². The van der Waals surface area contributed by atoms with Crippen LogP contribution in [0.5, 0.6) is 0 Å². The minimum Gasteiger partial charge on any atom is -0.406 e. The highest BCUT2D eigenvalue weighted by Crippen LogP contribution is 2.13. The van der Waals surface area contributed by atoms with Crippen LogP contribution in [0.4, 0.5) is 6.01 Å². The molecule has 1 atom stereocenters. The number of nitrogens with one attached hydrogen (secondary N) is 2. The smallest absolute Gasteiger partial charge is 0.315 e. The minimum atomic E-state index is 0.0986. The quantitative estimate of drug-likeness (QED) is 0.624. The normalized spacial score (nSPS) is 12.6. The Balaban J connectivity index is 2.25. The summed E-state index contributed by atoms with van der Waals surface area (Å²) in [6.07, 6.45) is 3.14. The van der Waals surface area contributed by atoms with E-state index in [9.17, 15) is 0 Å². The van der Waals surface area contributed by atoms with E-state index in [0.29, 0.717) is 11.9 Å². The van der Waals surface area contributed by atoms with Gasteiger partial charge in [0.15, 0.2) is 0 Å². The van der Waals surface area contributed by atoms with Crippen molar-refractivity contribution in [1.82, 2.24) is 15.5 Å². The zero-order chi connectivity index (χ0) is 13.2. The van der Waals surface area contributed by atoms with Gasteiger partial charge in [-0.15, -0.1) is 5.10 Å². The Hall–Kier alpha value is -1.14. The Labute approximate surface area is 108 Å². The van der Waals surface area contributed by atoms with Gasteiger partial charge in [0.2, 0.25) is 5.89 Å². The second-order valence-corrected chi connectivity index (χ2v) is 4.25. The monoisotopic (exact) mass is 256 g/mol. The average molecular weight is 256 g/mol. The predicted molar refractivity (Wildman–Crippen MR) is 70.6 cm³/mol. The number of aromatic nitrogens is 2. The molecule has 2 N–H and O–H groups in total. The van der Waals surface area contributed by atoms with E-state index in [4.69, 9.17) is 9.15 Å². The van der Waals surface area contributed by atoms with Crippen molar-refractivity contribution in [3.8, 4) is 0 Å². The predicted octanol–water partition coefficient (Wildman–Crippen LogP) is 1.97. The van der Waals surface area contributed by atoms with Crippen LogP contribution in [-0.4, -0.2) is 37.0 Å². The molecule has 0 spiro atoms. The topological polar surface area (TPSA) is 72.2 Å². The Morgan fingerprint density at radius 2 is 2.11 bits per heavy atom. The number of methoxy groups -OCH3 is 1. The van der Waals surface area contributed by atoms with E-state index in [2.05, 4.69) is 27.8 Å². The van der Waals surface area contributed by atoms with Crippen molar-refractivity contribution < 1.29 is 9.15 Å². The summed E-state index contributed by atoms with van der Waals surface area (Å²) in [6, 6.07) is 0.592. The van der Waals surface area contributed by atoms with Crippen molar-refractivity contribution in [2.75, 3.05) is 32.1 Å². The lowest BCUT2D eigenvalue weighted by molar-refractivity contribution is 0.193. The van der Waals surface area contributed by atoms with Crippen LogP contribution < -0.4 is 10.6 Å². The number of unbranched alkanes of at least 4 members (excludes halogenated alkanes) is 1. The lowest BCUT2D eigenvalue weighted by atomic mass is 10.3. The third-order valence-electron chi connectivity index (χ3n) is 2.56. The molecule has 104 valence electrons. The molecule has 0 aliphatic carbocycles. The molecular formula is C12H24N4O2. The zero-order valence-corrected chi connectivity index (χ0v) is 11.5. The molecule has 6 heteroatoms. The van der Waals surface area contributed by atoms with Gasteiger partial charge < -0.3 is 19.8 Å². The maximum atomic E-state index is 5.52. The fraction of sp³-hybridized carbons (Fsp3) is 0.833. The summed E-state index contributed by atoms with van der Waals surface area (Å²) in [6.45, 7) is 6.70. The van der Waals surface area contributed by atoms with Crippen LogP contribution in [0.3, 0.4) is 0 Å². The number of rotatable bonds is 10. The van der Waals surface area contributed by atoms with Crippen LogP contribution in [0.1, 0.15) is 45.0 Å². The molecule has 18 heavy (non-hydrogen) atoms. The Morgan fingerprint density at radius 1 is 1.28 bits per heavy atom. The average Bonchev–Trinajstić information content (AvgIpc) is 2.84. The van der Waals surface area contributed by atoms with Gasteiger partial charge in [-0.2, -0.15) is 0 Å². The second-order valence-electron chi connectivity index (χ2n) is 4.25. The molecule has 0 aliphatic rings. The third-order valence-corrected chi connectivity index (χ3v) is 2.56. The summed E-state index contributed by atoms with van der Waals surface area (Å²) in [5, 5.41) is 14.4. The summed E-state index contributed by atoms with van der Waals surface area (Å²) in [5.41, 5.74) is 0. The molecule has 1 rings (SSSR count). The van der Waals surface area contributed by atoms with E-state index in [1.165, 1.54) is 0 Å². The first kappa shape index (κ1) is 14.9. The second kappa shape index (κ2) is 8.88. The molecule has 1 unspecified atom stereocenters. The molecule has 0 fully saturated rings. The Morgan fingerprint density at radius 3 is 2.83 bits per heavy atom. The standard InChI is InChI=1S/C12H24N4O2/c1-4-7-13-10(2)11-15-16-12(18-11)14-8-5-6-9-17-3/h10,13H,4-9H2,1-3H3,(H,14,16). The summed E-state index contributed by atoms with van der Waals surface area (Å²) < 4.78 is 10.5. The molecule has 1 aromatic rings. The summed E-state index contributed by atoms with van der Waals surface area (Å²) in [5.74, 6) is 0.628. The van der Waals surface area contributed by atoms with Gasteiger partial charge >= 0.3 is 6.01 Å². The molecule has 0 saturated carbocycles. The van der Waals surface area contributed by atoms with Gasteiger partial charge in [0.05, 0.1) is 6.04 Å². The Kier molecular flexibility index (Phi) is 7.36. The van der Waals surface area contributed by atoms with Gasteiger partial charge in [0.1, 0.15) is 0 Å². The van der Waals surface area contributed by atoms with Gasteiger partial charge in [-0.05, 0) is 32.7 Å². The van der Waals surface area contributed by atoms with E-state index >= 15 is 0 Å². The molecule has 6 nitrogen and oxygen atoms in total. The molecule has 1 heterocycles. The van der Waals surface area contributed by atoms with Crippen molar-refractivity contribution in [1.29, 1.82) is 0 Å². The lowest BCUT2D eigenvalue weighted by Crippen LogP contribution is -2.19. The van der Waals surface area contributed by atoms with Gasteiger partial charge in [-0.3, -0.25) is 0 Å². The largest absolute Gasteiger partial charge is 0.406 e. The van der Waals surface area contributed by atoms with Gasteiger partial charge in [-0.1, -0.05) is 12.0 Å². The molecule has 0 bridgehead atoms. The van der Waals surface area contributed by atoms with Crippen molar-refractivity contribution >= 4 is 6.01 Å². The number of hydrogen-bond acceptors (Lipinski definition) is 6. The lowest BCUT2D eigenvalue weighted by Gasteiger charge is -2.07. The minimum absolute atomic E-state index is 0.0986. The SMILES string of the molecule is CCCNC(C)c1nnc(NCCCCOC)o1. The van der Waals surface area contributed by atoms with Crippen molar-refractivity contribution in [2.24, 2.45) is 0 Å². The molecule has 0 saturated heterocycles. The van der Waals surface area contributed by atoms with Crippen LogP contribution in [0.15, 0.2) is 4.42 Å². The number of anilines is 1. The van der Waals surface area contributed by atoms with Crippen LogP contribution in [-0.2, 0) is 4.74 Å². The fourth-order valence-corrected chi connectivity index (χ4v) is 1.50. The summed E-state index contributed by atoms with van der Waals surface area (Å²) in [7, 11) is 1.71. The van der Waals surface area contributed by atoms with E-state index in [1.54, 1.807) is 7.11 Å². The molecule has 0 amide bonds. The highest BCUT2D eigenvalue weighted by Gasteiger charge is 2.12. The maximum absolute atomic E-state index is 5.52. The van der Waals surface area contributed by atoms with E-state index in [-0.39, 0.29) is 6.04 Å². The summed E-state index contributed by atoms with van der Waals surface area (Å²) in [4.78, 5) is 0. The van der Waals surface area contributed by atoms with E-state index in [1.807, 2.05) is 6.92 Å². The first-order valence-corrected chi connectivity index (χ1v) is 6.57. The molecule has 0 aliphatic heterocycles. The number of ether oxygens (including phenoxy) is 1. The van der Waals surface area contributed by atoms with E-state index < -0.39 is 0 Å². The first-order chi connectivity index (χ1) is 8.77. The van der Waals surface area contributed by atoms with Crippen molar-refractivity contribution in [3.63, 3.8) is 0 Å². The van der Waals surface area contributed by atoms with Crippen LogP contribution in [0.2, 0.25) is 0 Å². The molecule has 1 aromatic heterocycles. The molecule has 0 aromatic carbocycles. The van der Waals surface area contributed by atoms with Crippen LogP contribution >= 0.6 is 0 Å². The van der Waals surface area contributed by atoms with E-state index in [0.717, 1.165) is 39.0 Å². The highest BCUT2D eigenvalue weighted by atomic mass is 16.5. The summed E-state index contributed by atoms with van der Waals surface area (Å²) >= 11 is 0. The van der Waals surface area contributed by atoms with Gasteiger partial charge in [0.25, 0.3) is 0 Å². The fourth-order valence-electron chi connectivity index (χ4n) is 1.50. The van der Waals surface area contributed by atoms with Crippen LogP contribution in [0, 0.1) is 0 Å². The van der Waals surface area contributed by atoms with Gasteiger partial charge in [-0.25, -0.2) is 0 Å². The Bertz CT molecular complexity index is 317. The van der Waals surface area contributed by atoms with Crippen molar-refractivity contribution in [3.05, 3.63) is 5.89 Å². The highest BCUT2D eigenvalue weighted by molar-refractivity contribution is 5.16. The molecule has 0 radical (unpaired) electrons. The van der Waals surface area contributed by atoms with Crippen molar-refractivity contribution in [2.45, 2.75) is 39.2 Å². The third kappa shape index (κ3) is 5.46.